The zero-order valence-corrected chi connectivity index (χ0v) is 11.7. The first-order valence-corrected chi connectivity index (χ1v) is 6.52. The first-order chi connectivity index (χ1) is 8.86. The van der Waals surface area contributed by atoms with Crippen LogP contribution < -0.4 is 15.4 Å². The van der Waals surface area contributed by atoms with Gasteiger partial charge < -0.3 is 15.4 Å². The molecule has 0 bridgehead atoms. The fourth-order valence-electron chi connectivity index (χ4n) is 2.08. The van der Waals surface area contributed by atoms with Crippen molar-refractivity contribution in [2.45, 2.75) is 12.8 Å². The van der Waals surface area contributed by atoms with Gasteiger partial charge in [0.05, 0.1) is 12.5 Å². The van der Waals surface area contributed by atoms with Gasteiger partial charge in [0.2, 0.25) is 5.91 Å². The fourth-order valence-corrected chi connectivity index (χ4v) is 2.08. The minimum Gasteiger partial charge on any atom is -0.492 e. The Morgan fingerprint density at radius 1 is 1.37 bits per heavy atom. The van der Waals surface area contributed by atoms with E-state index in [2.05, 4.69) is 10.6 Å². The Hall–Kier alpha value is -1.26. The van der Waals surface area contributed by atoms with Gasteiger partial charge in [-0.3, -0.25) is 4.79 Å². The number of carbonyl (C=O) groups excluding carboxylic acids is 1. The molecule has 1 fully saturated rings. The van der Waals surface area contributed by atoms with E-state index in [0.717, 1.165) is 31.7 Å². The van der Waals surface area contributed by atoms with E-state index in [9.17, 15) is 4.79 Å². The zero-order chi connectivity index (χ0) is 12.6. The standard InChI is InChI=1S/C14H20N2O2.ClH/c17-14(12-5-4-8-15-11-12)16-9-10-18-13-6-2-1-3-7-13;/h1-3,6-7,12,15H,4-5,8-11H2,(H,16,17);1H. The van der Waals surface area contributed by atoms with Crippen molar-refractivity contribution < 1.29 is 9.53 Å². The summed E-state index contributed by atoms with van der Waals surface area (Å²) in [6, 6.07) is 9.63. The van der Waals surface area contributed by atoms with Crippen LogP contribution in [0.2, 0.25) is 0 Å². The third kappa shape index (κ3) is 5.49. The van der Waals surface area contributed by atoms with E-state index in [1.807, 2.05) is 30.3 Å². The molecule has 0 radical (unpaired) electrons. The van der Waals surface area contributed by atoms with Gasteiger partial charge in [0.15, 0.2) is 0 Å². The van der Waals surface area contributed by atoms with Gasteiger partial charge in [0.25, 0.3) is 0 Å². The monoisotopic (exact) mass is 284 g/mol. The predicted molar refractivity (Wildman–Crippen MR) is 77.8 cm³/mol. The molecule has 0 saturated carbocycles. The van der Waals surface area contributed by atoms with Crippen molar-refractivity contribution in [3.8, 4) is 5.75 Å². The molecule has 106 valence electrons. The van der Waals surface area contributed by atoms with Crippen molar-refractivity contribution in [1.82, 2.24) is 10.6 Å². The van der Waals surface area contributed by atoms with Gasteiger partial charge in [-0.2, -0.15) is 0 Å². The molecule has 1 saturated heterocycles. The lowest BCUT2D eigenvalue weighted by Gasteiger charge is -2.21. The topological polar surface area (TPSA) is 50.4 Å². The number of benzene rings is 1. The summed E-state index contributed by atoms with van der Waals surface area (Å²) in [5, 5.41) is 6.16. The molecule has 0 spiro atoms. The SMILES string of the molecule is Cl.O=C(NCCOc1ccccc1)C1CCCNC1. The Bertz CT molecular complexity index is 367. The van der Waals surface area contributed by atoms with Crippen LogP contribution in [0.5, 0.6) is 5.75 Å². The summed E-state index contributed by atoms with van der Waals surface area (Å²) < 4.78 is 5.51. The molecule has 4 nitrogen and oxygen atoms in total. The Labute approximate surface area is 120 Å². The predicted octanol–water partition coefficient (Wildman–Crippen LogP) is 1.60. The highest BCUT2D eigenvalue weighted by Gasteiger charge is 2.19. The molecule has 0 aromatic heterocycles. The highest BCUT2D eigenvalue weighted by atomic mass is 35.5. The number of para-hydroxylation sites is 1. The number of halogens is 1. The van der Waals surface area contributed by atoms with Crippen LogP contribution in [0.4, 0.5) is 0 Å². The van der Waals surface area contributed by atoms with E-state index in [1.54, 1.807) is 0 Å². The average molecular weight is 285 g/mol. The number of hydrogen-bond acceptors (Lipinski definition) is 3. The van der Waals surface area contributed by atoms with Crippen molar-refractivity contribution in [3.05, 3.63) is 30.3 Å². The molecule has 19 heavy (non-hydrogen) atoms. The Balaban J connectivity index is 0.00000180. The Kier molecular flexibility index (Phi) is 7.30. The van der Waals surface area contributed by atoms with E-state index >= 15 is 0 Å². The number of nitrogens with one attached hydrogen (secondary N) is 2. The molecule has 0 aliphatic carbocycles. The lowest BCUT2D eigenvalue weighted by molar-refractivity contribution is -0.125. The number of rotatable bonds is 5. The van der Waals surface area contributed by atoms with Gasteiger partial charge in [-0.1, -0.05) is 18.2 Å². The van der Waals surface area contributed by atoms with Gasteiger partial charge in [-0.15, -0.1) is 12.4 Å². The molecule has 1 amide bonds. The van der Waals surface area contributed by atoms with Crippen molar-refractivity contribution >= 4 is 18.3 Å². The Morgan fingerprint density at radius 3 is 2.84 bits per heavy atom. The van der Waals surface area contributed by atoms with Crippen LogP contribution >= 0.6 is 12.4 Å². The van der Waals surface area contributed by atoms with E-state index in [0.29, 0.717) is 13.2 Å². The first-order valence-electron chi connectivity index (χ1n) is 6.52. The summed E-state index contributed by atoms with van der Waals surface area (Å²) in [6.45, 7) is 2.90. The maximum Gasteiger partial charge on any atom is 0.224 e. The largest absolute Gasteiger partial charge is 0.492 e. The zero-order valence-electron chi connectivity index (χ0n) is 10.9. The van der Waals surface area contributed by atoms with Crippen molar-refractivity contribution in [2.24, 2.45) is 5.92 Å². The van der Waals surface area contributed by atoms with Crippen LogP contribution in [0, 0.1) is 5.92 Å². The minimum absolute atomic E-state index is 0. The quantitative estimate of drug-likeness (QED) is 0.808. The third-order valence-corrected chi connectivity index (χ3v) is 3.08. The summed E-state index contributed by atoms with van der Waals surface area (Å²) in [6.07, 6.45) is 2.07. The molecular weight excluding hydrogens is 264 g/mol. The normalized spacial score (nSPS) is 18.2. The second kappa shape index (κ2) is 8.77. The van der Waals surface area contributed by atoms with Crippen LogP contribution in [0.1, 0.15) is 12.8 Å². The molecule has 2 rings (SSSR count). The van der Waals surface area contributed by atoms with Crippen LogP contribution in [-0.2, 0) is 4.79 Å². The maximum absolute atomic E-state index is 11.8. The lowest BCUT2D eigenvalue weighted by atomic mass is 9.99. The number of hydrogen-bond donors (Lipinski definition) is 2. The van der Waals surface area contributed by atoms with Crippen molar-refractivity contribution in [2.75, 3.05) is 26.2 Å². The van der Waals surface area contributed by atoms with Crippen LogP contribution in [0.3, 0.4) is 0 Å². The molecule has 2 N–H and O–H groups in total. The summed E-state index contributed by atoms with van der Waals surface area (Å²) in [4.78, 5) is 11.8. The fraction of sp³-hybridized carbons (Fsp3) is 0.500. The van der Waals surface area contributed by atoms with Gasteiger partial charge in [0, 0.05) is 6.54 Å². The van der Waals surface area contributed by atoms with Gasteiger partial charge in [0.1, 0.15) is 12.4 Å². The molecule has 1 aliphatic heterocycles. The summed E-state index contributed by atoms with van der Waals surface area (Å²) in [5.41, 5.74) is 0. The van der Waals surface area contributed by atoms with E-state index < -0.39 is 0 Å². The molecule has 1 aromatic rings. The van der Waals surface area contributed by atoms with E-state index in [4.69, 9.17) is 4.74 Å². The molecule has 1 heterocycles. The van der Waals surface area contributed by atoms with Crippen LogP contribution in [0.25, 0.3) is 0 Å². The molecule has 1 unspecified atom stereocenters. The molecule has 1 aromatic carbocycles. The van der Waals surface area contributed by atoms with Crippen molar-refractivity contribution in [1.29, 1.82) is 0 Å². The van der Waals surface area contributed by atoms with E-state index in [1.165, 1.54) is 0 Å². The lowest BCUT2D eigenvalue weighted by Crippen LogP contribution is -2.41. The summed E-state index contributed by atoms with van der Waals surface area (Å²) in [5.74, 6) is 1.10. The second-order valence-electron chi connectivity index (χ2n) is 4.50. The van der Waals surface area contributed by atoms with Crippen LogP contribution in [0.15, 0.2) is 30.3 Å². The minimum atomic E-state index is 0. The maximum atomic E-state index is 11.8. The van der Waals surface area contributed by atoms with Crippen molar-refractivity contribution in [3.63, 3.8) is 0 Å². The van der Waals surface area contributed by atoms with Gasteiger partial charge in [-0.05, 0) is 31.5 Å². The number of ether oxygens (including phenoxy) is 1. The average Bonchev–Trinajstić information content (AvgIpc) is 2.45. The number of carbonyl (C=O) groups is 1. The smallest absolute Gasteiger partial charge is 0.224 e. The molecule has 1 atom stereocenters. The van der Waals surface area contributed by atoms with Gasteiger partial charge in [-0.25, -0.2) is 0 Å². The summed E-state index contributed by atoms with van der Waals surface area (Å²) >= 11 is 0. The number of amides is 1. The third-order valence-electron chi connectivity index (χ3n) is 3.08. The molecular formula is C14H21ClN2O2. The first kappa shape index (κ1) is 15.8. The second-order valence-corrected chi connectivity index (χ2v) is 4.50. The van der Waals surface area contributed by atoms with Crippen LogP contribution in [-0.4, -0.2) is 32.1 Å². The molecule has 1 aliphatic rings. The van der Waals surface area contributed by atoms with E-state index in [-0.39, 0.29) is 24.2 Å². The molecule has 5 heteroatoms. The Morgan fingerprint density at radius 2 is 2.16 bits per heavy atom. The highest BCUT2D eigenvalue weighted by molar-refractivity contribution is 5.85. The van der Waals surface area contributed by atoms with Gasteiger partial charge >= 0.3 is 0 Å². The highest BCUT2D eigenvalue weighted by Crippen LogP contribution is 2.10. The number of piperidine rings is 1. The summed E-state index contributed by atoms with van der Waals surface area (Å²) in [7, 11) is 0.